The molecule has 11 heavy (non-hydrogen) atoms. The van der Waals surface area contributed by atoms with Crippen molar-refractivity contribution >= 4 is 24.7 Å². The van der Waals surface area contributed by atoms with Crippen LogP contribution in [0.5, 0.6) is 0 Å². The Bertz CT molecular complexity index is 392. The van der Waals surface area contributed by atoms with Gasteiger partial charge in [0.05, 0.1) is 0 Å². The highest BCUT2D eigenvalue weighted by Crippen LogP contribution is 2.28. The summed E-state index contributed by atoms with van der Waals surface area (Å²) >= 11 is 0. The van der Waals surface area contributed by atoms with Gasteiger partial charge in [-0.3, -0.25) is 0 Å². The summed E-state index contributed by atoms with van der Waals surface area (Å²) in [5.74, 6) is 0.696. The molecule has 1 heterocycles. The van der Waals surface area contributed by atoms with E-state index in [1.807, 2.05) is 0 Å². The fraction of sp³-hybridized carbons (Fsp3) is 0.125. The average Bonchev–Trinajstić information content (AvgIpc) is 2.33. The molecule has 2 rings (SSSR count). The quantitative estimate of drug-likeness (QED) is 0.647. The largest absolute Gasteiger partial charge is 0.383 e. The maximum absolute atomic E-state index is 5.67. The second-order valence-electron chi connectivity index (χ2n) is 2.66. The lowest BCUT2D eigenvalue weighted by Crippen LogP contribution is -1.83. The first-order valence-electron chi connectivity index (χ1n) is 3.47. The molecular formula is C8H9N2P. The molecule has 0 aliphatic heterocycles. The summed E-state index contributed by atoms with van der Waals surface area (Å²) < 4.78 is 4.17. The van der Waals surface area contributed by atoms with Crippen LogP contribution in [0.25, 0.3) is 10.5 Å². The number of aryl methyl sites for hydroxylation is 1. The molecule has 2 N–H and O–H groups in total. The van der Waals surface area contributed by atoms with E-state index in [-0.39, 0.29) is 0 Å². The molecule has 0 amide bonds. The number of nitrogens with two attached hydrogens (primary N) is 1. The van der Waals surface area contributed by atoms with E-state index in [2.05, 4.69) is 29.9 Å². The topological polar surface area (TPSA) is 38.9 Å². The van der Waals surface area contributed by atoms with Crippen molar-refractivity contribution in [3.05, 3.63) is 23.8 Å². The summed E-state index contributed by atoms with van der Waals surface area (Å²) in [5.41, 5.74) is 6.92. The lowest BCUT2D eigenvalue weighted by molar-refractivity contribution is 1.51. The Morgan fingerprint density at radius 2 is 2.27 bits per heavy atom. The minimum Gasteiger partial charge on any atom is -0.383 e. The number of hydrogen-bond donors (Lipinski definition) is 1. The van der Waals surface area contributed by atoms with E-state index in [1.165, 1.54) is 10.7 Å². The van der Waals surface area contributed by atoms with Gasteiger partial charge in [0, 0.05) is 10.5 Å². The van der Waals surface area contributed by atoms with Gasteiger partial charge in [-0.2, -0.15) is 0 Å². The standard InChI is InChI=1S/C8H9N2P/c1-5-2-3-7-6(4-5)8(9)10-11-7/h2-4,11H,1H3,(H2,9,10). The van der Waals surface area contributed by atoms with E-state index in [1.54, 1.807) is 0 Å². The van der Waals surface area contributed by atoms with Crippen LogP contribution in [0.2, 0.25) is 0 Å². The zero-order valence-corrected chi connectivity index (χ0v) is 7.26. The van der Waals surface area contributed by atoms with Gasteiger partial charge in [0.1, 0.15) is 5.82 Å². The summed E-state index contributed by atoms with van der Waals surface area (Å²) in [7, 11) is 0.519. The Labute approximate surface area is 66.6 Å². The predicted molar refractivity (Wildman–Crippen MR) is 50.4 cm³/mol. The van der Waals surface area contributed by atoms with Crippen molar-refractivity contribution in [1.82, 2.24) is 4.75 Å². The fourth-order valence-electron chi connectivity index (χ4n) is 1.15. The van der Waals surface area contributed by atoms with E-state index in [4.69, 9.17) is 5.73 Å². The molecule has 1 unspecified atom stereocenters. The molecule has 1 aromatic carbocycles. The Kier molecular flexibility index (Phi) is 1.36. The van der Waals surface area contributed by atoms with Gasteiger partial charge in [-0.25, -0.2) is 4.75 Å². The van der Waals surface area contributed by atoms with Gasteiger partial charge in [-0.15, -0.1) is 0 Å². The van der Waals surface area contributed by atoms with Gasteiger partial charge in [0.15, 0.2) is 0 Å². The molecule has 0 spiro atoms. The summed E-state index contributed by atoms with van der Waals surface area (Å²) in [6, 6.07) is 6.29. The number of aromatic nitrogens is 1. The molecule has 1 aromatic heterocycles. The fourth-order valence-corrected chi connectivity index (χ4v) is 1.99. The van der Waals surface area contributed by atoms with Crippen molar-refractivity contribution < 1.29 is 0 Å². The number of hydrogen-bond acceptors (Lipinski definition) is 2. The molecule has 0 fully saturated rings. The molecule has 0 saturated heterocycles. The van der Waals surface area contributed by atoms with E-state index in [0.29, 0.717) is 14.2 Å². The third-order valence-corrected chi connectivity index (χ3v) is 2.78. The molecule has 0 aliphatic rings. The van der Waals surface area contributed by atoms with Crippen LogP contribution in [0.3, 0.4) is 0 Å². The van der Waals surface area contributed by atoms with Crippen LogP contribution >= 0.6 is 8.35 Å². The second-order valence-corrected chi connectivity index (χ2v) is 3.64. The second kappa shape index (κ2) is 2.24. The Balaban J connectivity index is 2.87. The highest BCUT2D eigenvalue weighted by molar-refractivity contribution is 7.33. The number of nitrogens with zero attached hydrogens (tertiary/aromatic N) is 1. The van der Waals surface area contributed by atoms with Gasteiger partial charge in [-0.05, 0) is 27.4 Å². The lowest BCUT2D eigenvalue weighted by atomic mass is 10.2. The van der Waals surface area contributed by atoms with Gasteiger partial charge in [0.25, 0.3) is 0 Å². The third-order valence-electron chi connectivity index (χ3n) is 1.75. The van der Waals surface area contributed by atoms with Crippen molar-refractivity contribution in [2.24, 2.45) is 0 Å². The maximum Gasteiger partial charge on any atom is 0.135 e. The van der Waals surface area contributed by atoms with Crippen LogP contribution in [0.4, 0.5) is 5.82 Å². The first kappa shape index (κ1) is 6.68. The minimum absolute atomic E-state index is 0.519. The van der Waals surface area contributed by atoms with Crippen molar-refractivity contribution in [1.29, 1.82) is 0 Å². The molecule has 2 aromatic rings. The van der Waals surface area contributed by atoms with Crippen molar-refractivity contribution in [2.45, 2.75) is 6.92 Å². The van der Waals surface area contributed by atoms with Crippen molar-refractivity contribution in [2.75, 3.05) is 5.73 Å². The monoisotopic (exact) mass is 164 g/mol. The highest BCUT2D eigenvalue weighted by Gasteiger charge is 1.99. The Morgan fingerprint density at radius 3 is 3.09 bits per heavy atom. The van der Waals surface area contributed by atoms with Gasteiger partial charge in [0.2, 0.25) is 0 Å². The molecular weight excluding hydrogens is 155 g/mol. The molecule has 3 heteroatoms. The van der Waals surface area contributed by atoms with Crippen LogP contribution < -0.4 is 5.73 Å². The van der Waals surface area contributed by atoms with Crippen LogP contribution in [0.1, 0.15) is 5.56 Å². The van der Waals surface area contributed by atoms with Crippen LogP contribution in [-0.4, -0.2) is 4.75 Å². The first-order chi connectivity index (χ1) is 5.27. The van der Waals surface area contributed by atoms with Gasteiger partial charge < -0.3 is 5.73 Å². The lowest BCUT2D eigenvalue weighted by Gasteiger charge is -1.92. The molecule has 0 radical (unpaired) electrons. The number of nitrogen functional groups attached to an aromatic ring is 1. The average molecular weight is 164 g/mol. The van der Waals surface area contributed by atoms with Crippen molar-refractivity contribution in [3.63, 3.8) is 0 Å². The zero-order valence-electron chi connectivity index (χ0n) is 6.26. The molecule has 56 valence electrons. The normalized spacial score (nSPS) is 11.4. The Morgan fingerprint density at radius 1 is 1.45 bits per heavy atom. The molecule has 0 saturated carbocycles. The minimum atomic E-state index is 0.519. The summed E-state index contributed by atoms with van der Waals surface area (Å²) in [6.45, 7) is 2.06. The summed E-state index contributed by atoms with van der Waals surface area (Å²) in [5, 5.41) is 2.40. The van der Waals surface area contributed by atoms with Gasteiger partial charge >= 0.3 is 0 Å². The smallest absolute Gasteiger partial charge is 0.135 e. The van der Waals surface area contributed by atoms with E-state index in [0.717, 1.165) is 5.39 Å². The first-order valence-corrected chi connectivity index (χ1v) is 4.42. The molecule has 0 aliphatic carbocycles. The maximum atomic E-state index is 5.67. The zero-order chi connectivity index (χ0) is 7.84. The van der Waals surface area contributed by atoms with Crippen LogP contribution in [0.15, 0.2) is 18.2 Å². The van der Waals surface area contributed by atoms with Crippen molar-refractivity contribution in [3.8, 4) is 0 Å². The number of benzene rings is 1. The van der Waals surface area contributed by atoms with Crippen LogP contribution in [-0.2, 0) is 0 Å². The molecule has 1 atom stereocenters. The Hall–Kier alpha value is -1.01. The van der Waals surface area contributed by atoms with E-state index < -0.39 is 0 Å². The number of fused-ring (bicyclic) bond motifs is 1. The van der Waals surface area contributed by atoms with Gasteiger partial charge in [-0.1, -0.05) is 11.6 Å². The highest BCUT2D eigenvalue weighted by atomic mass is 31.0. The SMILES string of the molecule is Cc1ccc2[pH]nc(N)c2c1. The molecule has 2 nitrogen and oxygen atoms in total. The third kappa shape index (κ3) is 0.997. The molecule has 0 bridgehead atoms. The van der Waals surface area contributed by atoms with E-state index >= 15 is 0 Å². The number of rotatable bonds is 0. The van der Waals surface area contributed by atoms with Crippen LogP contribution in [0, 0.1) is 6.92 Å². The summed E-state index contributed by atoms with van der Waals surface area (Å²) in [6.07, 6.45) is 0. The summed E-state index contributed by atoms with van der Waals surface area (Å²) in [4.78, 5) is 0. The van der Waals surface area contributed by atoms with E-state index in [9.17, 15) is 0 Å². The number of anilines is 1. The predicted octanol–water partition coefficient (Wildman–Crippen LogP) is 2.16.